The molecule has 0 amide bonds. The van der Waals surface area contributed by atoms with Crippen molar-refractivity contribution in [3.05, 3.63) is 22.4 Å². The first-order valence-electron chi connectivity index (χ1n) is 3.62. The fourth-order valence-electron chi connectivity index (χ4n) is 1.28. The van der Waals surface area contributed by atoms with Crippen molar-refractivity contribution in [1.82, 2.24) is 0 Å². The van der Waals surface area contributed by atoms with Crippen molar-refractivity contribution in [3.8, 4) is 0 Å². The molecular weight excluding hydrogens is 160 g/mol. The second-order valence-corrected chi connectivity index (χ2v) is 4.81. The first-order chi connectivity index (χ1) is 4.97. The van der Waals surface area contributed by atoms with Crippen LogP contribution in [0.1, 0.15) is 23.0 Å². The smallest absolute Gasteiger partial charge is 0.0391 e. The van der Waals surface area contributed by atoms with Gasteiger partial charge >= 0.3 is 0 Å². The Balaban J connectivity index is 2.12. The largest absolute Gasteiger partial charge is 0.153 e. The lowest BCUT2D eigenvalue weighted by Crippen LogP contribution is -1.80. The fourth-order valence-corrected chi connectivity index (χ4v) is 3.58. The fraction of sp³-hybridized carbons (Fsp3) is 0.500. The normalized spacial score (nSPS) is 25.4. The summed E-state index contributed by atoms with van der Waals surface area (Å²) in [6, 6.07) is 4.41. The molecule has 1 aromatic rings. The van der Waals surface area contributed by atoms with Gasteiger partial charge in [0, 0.05) is 10.1 Å². The van der Waals surface area contributed by atoms with Gasteiger partial charge in [-0.15, -0.1) is 11.3 Å². The van der Waals surface area contributed by atoms with Gasteiger partial charge < -0.3 is 0 Å². The first kappa shape index (κ1) is 6.74. The minimum absolute atomic E-state index is 0.833. The Labute approximate surface area is 69.6 Å². The lowest BCUT2D eigenvalue weighted by molar-refractivity contribution is 0.840. The monoisotopic (exact) mass is 170 g/mol. The topological polar surface area (TPSA) is 0 Å². The van der Waals surface area contributed by atoms with E-state index >= 15 is 0 Å². The molecule has 54 valence electrons. The van der Waals surface area contributed by atoms with E-state index in [0.29, 0.717) is 0 Å². The van der Waals surface area contributed by atoms with E-state index in [1.54, 1.807) is 4.88 Å². The second-order valence-electron chi connectivity index (χ2n) is 2.52. The van der Waals surface area contributed by atoms with Crippen molar-refractivity contribution < 1.29 is 0 Å². The highest BCUT2D eigenvalue weighted by Crippen LogP contribution is 2.41. The van der Waals surface area contributed by atoms with Crippen molar-refractivity contribution in [2.45, 2.75) is 18.1 Å². The van der Waals surface area contributed by atoms with Crippen LogP contribution in [0, 0.1) is 0 Å². The van der Waals surface area contributed by atoms with E-state index in [1.165, 1.54) is 18.6 Å². The van der Waals surface area contributed by atoms with E-state index in [4.69, 9.17) is 0 Å². The third-order valence-corrected chi connectivity index (χ3v) is 4.34. The van der Waals surface area contributed by atoms with Crippen molar-refractivity contribution in [1.29, 1.82) is 0 Å². The maximum absolute atomic E-state index is 2.26. The SMILES string of the molecule is c1csc(C2CCCS2)c1. The molecule has 2 heterocycles. The van der Waals surface area contributed by atoms with Gasteiger partial charge in [-0.3, -0.25) is 0 Å². The minimum atomic E-state index is 0.833. The van der Waals surface area contributed by atoms with Gasteiger partial charge in [-0.1, -0.05) is 6.07 Å². The van der Waals surface area contributed by atoms with Crippen molar-refractivity contribution in [3.63, 3.8) is 0 Å². The van der Waals surface area contributed by atoms with Crippen LogP contribution in [0.2, 0.25) is 0 Å². The van der Waals surface area contributed by atoms with Gasteiger partial charge in [-0.2, -0.15) is 11.8 Å². The number of rotatable bonds is 1. The summed E-state index contributed by atoms with van der Waals surface area (Å²) in [6.45, 7) is 0. The van der Waals surface area contributed by atoms with Crippen LogP contribution in [0.5, 0.6) is 0 Å². The maximum Gasteiger partial charge on any atom is 0.0391 e. The third-order valence-electron chi connectivity index (χ3n) is 1.79. The van der Waals surface area contributed by atoms with Gasteiger partial charge in [0.05, 0.1) is 0 Å². The molecule has 0 aromatic carbocycles. The Kier molecular flexibility index (Phi) is 2.00. The number of thiophene rings is 1. The van der Waals surface area contributed by atoms with Gasteiger partial charge in [-0.05, 0) is 30.0 Å². The van der Waals surface area contributed by atoms with Crippen LogP contribution < -0.4 is 0 Å². The molecule has 1 fully saturated rings. The Morgan fingerprint density at radius 2 is 2.50 bits per heavy atom. The molecule has 0 nitrogen and oxygen atoms in total. The summed E-state index contributed by atoms with van der Waals surface area (Å²) in [6.07, 6.45) is 2.80. The van der Waals surface area contributed by atoms with Crippen LogP contribution in [-0.2, 0) is 0 Å². The lowest BCUT2D eigenvalue weighted by atomic mass is 10.2. The summed E-state index contributed by atoms with van der Waals surface area (Å²) >= 11 is 4.01. The molecule has 0 aliphatic carbocycles. The summed E-state index contributed by atoms with van der Waals surface area (Å²) in [5.74, 6) is 1.36. The van der Waals surface area contributed by atoms with Crippen LogP contribution in [0.3, 0.4) is 0 Å². The summed E-state index contributed by atoms with van der Waals surface area (Å²) < 4.78 is 0. The highest BCUT2D eigenvalue weighted by molar-refractivity contribution is 7.99. The zero-order chi connectivity index (χ0) is 6.81. The molecule has 0 spiro atoms. The summed E-state index contributed by atoms with van der Waals surface area (Å²) in [5, 5.41) is 3.01. The van der Waals surface area contributed by atoms with E-state index in [1.807, 2.05) is 11.3 Å². The van der Waals surface area contributed by atoms with Crippen LogP contribution in [0.15, 0.2) is 17.5 Å². The molecule has 0 N–H and O–H groups in total. The Bertz CT molecular complexity index is 185. The lowest BCUT2D eigenvalue weighted by Gasteiger charge is -2.02. The number of thioether (sulfide) groups is 1. The van der Waals surface area contributed by atoms with Gasteiger partial charge in [-0.25, -0.2) is 0 Å². The molecule has 2 heteroatoms. The van der Waals surface area contributed by atoms with Crippen molar-refractivity contribution in [2.24, 2.45) is 0 Å². The van der Waals surface area contributed by atoms with Gasteiger partial charge in [0.2, 0.25) is 0 Å². The first-order valence-corrected chi connectivity index (χ1v) is 5.54. The third kappa shape index (κ3) is 1.23. The molecule has 1 aliphatic rings. The van der Waals surface area contributed by atoms with E-state index < -0.39 is 0 Å². The summed E-state index contributed by atoms with van der Waals surface area (Å²) in [7, 11) is 0. The zero-order valence-corrected chi connectivity index (χ0v) is 7.38. The van der Waals surface area contributed by atoms with Crippen LogP contribution in [-0.4, -0.2) is 5.75 Å². The maximum atomic E-state index is 2.26. The van der Waals surface area contributed by atoms with Gasteiger partial charge in [0.15, 0.2) is 0 Å². The Morgan fingerprint density at radius 3 is 3.10 bits per heavy atom. The van der Waals surface area contributed by atoms with Crippen molar-refractivity contribution in [2.75, 3.05) is 5.75 Å². The highest BCUT2D eigenvalue weighted by Gasteiger charge is 2.17. The number of hydrogen-bond donors (Lipinski definition) is 0. The van der Waals surface area contributed by atoms with E-state index in [2.05, 4.69) is 29.3 Å². The van der Waals surface area contributed by atoms with Crippen molar-refractivity contribution >= 4 is 23.1 Å². The molecule has 2 rings (SSSR count). The molecule has 0 bridgehead atoms. The van der Waals surface area contributed by atoms with E-state index in [-0.39, 0.29) is 0 Å². The van der Waals surface area contributed by atoms with Crippen LogP contribution in [0.4, 0.5) is 0 Å². The average Bonchev–Trinajstić information content (AvgIpc) is 2.59. The molecule has 1 aromatic heterocycles. The molecule has 1 aliphatic heterocycles. The average molecular weight is 170 g/mol. The molecular formula is C8H10S2. The quantitative estimate of drug-likeness (QED) is 0.623. The van der Waals surface area contributed by atoms with Crippen LogP contribution in [0.25, 0.3) is 0 Å². The molecule has 0 radical (unpaired) electrons. The van der Waals surface area contributed by atoms with E-state index in [0.717, 1.165) is 5.25 Å². The predicted molar refractivity (Wildman–Crippen MR) is 48.8 cm³/mol. The van der Waals surface area contributed by atoms with Crippen LogP contribution >= 0.6 is 23.1 Å². The summed E-state index contributed by atoms with van der Waals surface area (Å²) in [4.78, 5) is 1.57. The zero-order valence-electron chi connectivity index (χ0n) is 5.75. The predicted octanol–water partition coefficient (Wildman–Crippen LogP) is 3.32. The molecule has 0 saturated carbocycles. The minimum Gasteiger partial charge on any atom is -0.153 e. The van der Waals surface area contributed by atoms with Gasteiger partial charge in [0.25, 0.3) is 0 Å². The molecule has 10 heavy (non-hydrogen) atoms. The second kappa shape index (κ2) is 2.97. The molecule has 1 saturated heterocycles. The molecule has 1 atom stereocenters. The standard InChI is InChI=1S/C8H10S2/c1-3-7(9-5-1)8-4-2-6-10-8/h1,3,5,8H,2,4,6H2. The summed E-state index contributed by atoms with van der Waals surface area (Å²) in [5.41, 5.74) is 0. The molecule has 1 unspecified atom stereocenters. The van der Waals surface area contributed by atoms with E-state index in [9.17, 15) is 0 Å². The van der Waals surface area contributed by atoms with Gasteiger partial charge in [0.1, 0.15) is 0 Å². The number of hydrogen-bond acceptors (Lipinski definition) is 2. The highest BCUT2D eigenvalue weighted by atomic mass is 32.2. The Hall–Kier alpha value is 0.0500. The Morgan fingerprint density at radius 1 is 1.50 bits per heavy atom.